The van der Waals surface area contributed by atoms with Gasteiger partial charge in [0, 0.05) is 25.1 Å². The van der Waals surface area contributed by atoms with E-state index in [4.69, 9.17) is 9.47 Å². The second-order valence-corrected chi connectivity index (χ2v) is 9.09. The first-order valence-corrected chi connectivity index (χ1v) is 12.3. The molecule has 36 heavy (non-hydrogen) atoms. The van der Waals surface area contributed by atoms with E-state index in [1.54, 1.807) is 36.4 Å². The topological polar surface area (TPSA) is 96.4 Å². The number of carbonyl (C=O) groups excluding carboxylic acids is 3. The highest BCUT2D eigenvalue weighted by Crippen LogP contribution is 2.40. The number of amides is 1. The first-order chi connectivity index (χ1) is 17.3. The maximum absolute atomic E-state index is 13.3. The molecular formula is C28H32N2O6. The number of rotatable bonds is 8. The second-order valence-electron chi connectivity index (χ2n) is 9.09. The average molecular weight is 493 g/mol. The fraction of sp³-hybridized carbons (Fsp3) is 0.393. The van der Waals surface area contributed by atoms with Crippen LogP contribution in [0.3, 0.4) is 0 Å². The molecule has 2 aliphatic rings. The zero-order valence-electron chi connectivity index (χ0n) is 21.1. The van der Waals surface area contributed by atoms with Crippen LogP contribution in [-0.4, -0.2) is 72.0 Å². The maximum atomic E-state index is 13.3. The number of hydrogen-bond donors (Lipinski definition) is 1. The monoisotopic (exact) mass is 492 g/mol. The smallest absolute Gasteiger partial charge is 0.337 e. The van der Waals surface area contributed by atoms with Gasteiger partial charge in [-0.1, -0.05) is 26.0 Å². The molecule has 0 bridgehead atoms. The Morgan fingerprint density at radius 1 is 1.11 bits per heavy atom. The number of likely N-dealkylation sites (tertiary alicyclic amines) is 1. The van der Waals surface area contributed by atoms with Gasteiger partial charge in [0.1, 0.15) is 17.6 Å². The van der Waals surface area contributed by atoms with Gasteiger partial charge in [-0.25, -0.2) is 4.79 Å². The number of likely N-dealkylation sites (N-methyl/N-ethyl adjacent to an activating group) is 1. The van der Waals surface area contributed by atoms with Crippen molar-refractivity contribution in [1.82, 2.24) is 9.80 Å². The van der Waals surface area contributed by atoms with E-state index in [9.17, 15) is 19.5 Å². The van der Waals surface area contributed by atoms with E-state index >= 15 is 0 Å². The SMILES string of the molecule is CCN(CC)CCN1C(=O)C(=O)C(=C(O)c2ccc3c(c2)C[C@H](C)O3)[C@H]1c1ccc(C(=O)OC)cc1. The third-order valence-corrected chi connectivity index (χ3v) is 6.91. The molecular weight excluding hydrogens is 460 g/mol. The molecule has 1 N–H and O–H groups in total. The van der Waals surface area contributed by atoms with Crippen LogP contribution in [0.4, 0.5) is 0 Å². The van der Waals surface area contributed by atoms with Gasteiger partial charge in [-0.15, -0.1) is 0 Å². The minimum absolute atomic E-state index is 0.0383. The number of Topliss-reactive ketones (excluding diaryl/α,β-unsaturated/α-hetero) is 1. The van der Waals surface area contributed by atoms with Crippen LogP contribution in [0.1, 0.15) is 53.9 Å². The molecule has 2 aromatic carbocycles. The van der Waals surface area contributed by atoms with Crippen LogP contribution in [0.15, 0.2) is 48.0 Å². The van der Waals surface area contributed by atoms with Gasteiger partial charge < -0.3 is 24.4 Å². The Kier molecular flexibility index (Phi) is 7.45. The van der Waals surface area contributed by atoms with Crippen LogP contribution in [0.25, 0.3) is 5.76 Å². The lowest BCUT2D eigenvalue weighted by molar-refractivity contribution is -0.140. The summed E-state index contributed by atoms with van der Waals surface area (Å²) < 4.78 is 10.5. The van der Waals surface area contributed by atoms with E-state index in [0.717, 1.165) is 24.4 Å². The number of carbonyl (C=O) groups is 3. The van der Waals surface area contributed by atoms with Crippen molar-refractivity contribution >= 4 is 23.4 Å². The lowest BCUT2D eigenvalue weighted by Crippen LogP contribution is -2.38. The lowest BCUT2D eigenvalue weighted by Gasteiger charge is -2.28. The molecule has 2 aromatic rings. The summed E-state index contributed by atoms with van der Waals surface area (Å²) >= 11 is 0. The van der Waals surface area contributed by atoms with E-state index in [1.165, 1.54) is 12.0 Å². The van der Waals surface area contributed by atoms with Gasteiger partial charge in [-0.05, 0) is 61.5 Å². The van der Waals surface area contributed by atoms with Crippen LogP contribution < -0.4 is 4.74 Å². The van der Waals surface area contributed by atoms with E-state index in [0.29, 0.717) is 36.2 Å². The number of benzene rings is 2. The third kappa shape index (κ3) is 4.73. The first kappa shape index (κ1) is 25.4. The van der Waals surface area contributed by atoms with Crippen molar-refractivity contribution in [3.63, 3.8) is 0 Å². The molecule has 2 heterocycles. The number of aliphatic hydroxyl groups is 1. The second kappa shape index (κ2) is 10.5. The third-order valence-electron chi connectivity index (χ3n) is 6.91. The van der Waals surface area contributed by atoms with Crippen molar-refractivity contribution in [2.24, 2.45) is 0 Å². The number of fused-ring (bicyclic) bond motifs is 1. The van der Waals surface area contributed by atoms with Gasteiger partial charge in [0.2, 0.25) is 0 Å². The molecule has 0 aromatic heterocycles. The van der Waals surface area contributed by atoms with Gasteiger partial charge in [0.15, 0.2) is 0 Å². The van der Waals surface area contributed by atoms with E-state index < -0.39 is 23.7 Å². The Bertz CT molecular complexity index is 1200. The van der Waals surface area contributed by atoms with Crippen molar-refractivity contribution in [1.29, 1.82) is 0 Å². The minimum Gasteiger partial charge on any atom is -0.507 e. The van der Waals surface area contributed by atoms with Crippen molar-refractivity contribution in [3.05, 3.63) is 70.3 Å². The van der Waals surface area contributed by atoms with Crippen LogP contribution in [0.2, 0.25) is 0 Å². The molecule has 0 spiro atoms. The fourth-order valence-corrected chi connectivity index (χ4v) is 4.89. The first-order valence-electron chi connectivity index (χ1n) is 12.3. The maximum Gasteiger partial charge on any atom is 0.337 e. The van der Waals surface area contributed by atoms with Gasteiger partial charge in [-0.2, -0.15) is 0 Å². The number of aliphatic hydroxyl groups excluding tert-OH is 1. The Balaban J connectivity index is 1.78. The fourth-order valence-electron chi connectivity index (χ4n) is 4.89. The molecule has 0 unspecified atom stereocenters. The summed E-state index contributed by atoms with van der Waals surface area (Å²) in [6.07, 6.45) is 0.740. The van der Waals surface area contributed by atoms with E-state index in [-0.39, 0.29) is 17.4 Å². The van der Waals surface area contributed by atoms with Crippen LogP contribution in [0, 0.1) is 0 Å². The highest BCUT2D eigenvalue weighted by molar-refractivity contribution is 6.46. The molecule has 8 heteroatoms. The summed E-state index contributed by atoms with van der Waals surface area (Å²) in [4.78, 5) is 42.1. The number of nitrogens with zero attached hydrogens (tertiary/aromatic N) is 2. The number of methoxy groups -OCH3 is 1. The molecule has 0 saturated carbocycles. The van der Waals surface area contributed by atoms with Gasteiger partial charge in [0.25, 0.3) is 11.7 Å². The van der Waals surface area contributed by atoms with Crippen LogP contribution in [0.5, 0.6) is 5.75 Å². The number of hydrogen-bond acceptors (Lipinski definition) is 7. The normalized spacial score (nSPS) is 20.5. The van der Waals surface area contributed by atoms with Gasteiger partial charge >= 0.3 is 5.97 Å². The largest absolute Gasteiger partial charge is 0.507 e. The highest BCUT2D eigenvalue weighted by Gasteiger charge is 2.46. The highest BCUT2D eigenvalue weighted by atomic mass is 16.5. The van der Waals surface area contributed by atoms with Crippen molar-refractivity contribution in [2.75, 3.05) is 33.3 Å². The molecule has 190 valence electrons. The molecule has 1 saturated heterocycles. The van der Waals surface area contributed by atoms with Crippen molar-refractivity contribution in [3.8, 4) is 5.75 Å². The summed E-state index contributed by atoms with van der Waals surface area (Å²) in [6.45, 7) is 8.59. The van der Waals surface area contributed by atoms with E-state index in [2.05, 4.69) is 4.90 Å². The zero-order valence-corrected chi connectivity index (χ0v) is 21.1. The van der Waals surface area contributed by atoms with E-state index in [1.807, 2.05) is 26.8 Å². The van der Waals surface area contributed by atoms with Crippen molar-refractivity contribution in [2.45, 2.75) is 39.3 Å². The molecule has 4 rings (SSSR count). The summed E-state index contributed by atoms with van der Waals surface area (Å²) in [7, 11) is 1.31. The number of ether oxygens (including phenoxy) is 2. The van der Waals surface area contributed by atoms with Gasteiger partial charge in [-0.3, -0.25) is 9.59 Å². The Morgan fingerprint density at radius 3 is 2.42 bits per heavy atom. The predicted molar refractivity (Wildman–Crippen MR) is 135 cm³/mol. The molecule has 1 amide bonds. The summed E-state index contributed by atoms with van der Waals surface area (Å²) in [5.74, 6) is -1.31. The quantitative estimate of drug-likeness (QED) is 0.261. The Hall–Kier alpha value is -3.65. The Labute approximate surface area is 211 Å². The summed E-state index contributed by atoms with van der Waals surface area (Å²) in [6, 6.07) is 11.1. The van der Waals surface area contributed by atoms with Gasteiger partial charge in [0.05, 0.1) is 24.3 Å². The Morgan fingerprint density at radius 2 is 1.78 bits per heavy atom. The predicted octanol–water partition coefficient (Wildman–Crippen LogP) is 3.56. The summed E-state index contributed by atoms with van der Waals surface area (Å²) in [5, 5.41) is 11.4. The molecule has 8 nitrogen and oxygen atoms in total. The van der Waals surface area contributed by atoms with Crippen LogP contribution >= 0.6 is 0 Å². The average Bonchev–Trinajstić information content (AvgIpc) is 3.39. The zero-order chi connectivity index (χ0) is 26.0. The van der Waals surface area contributed by atoms with Crippen LogP contribution in [-0.2, 0) is 20.7 Å². The summed E-state index contributed by atoms with van der Waals surface area (Å²) in [5.41, 5.74) is 2.43. The molecule has 0 aliphatic carbocycles. The molecule has 1 fully saturated rings. The molecule has 2 atom stereocenters. The lowest BCUT2D eigenvalue weighted by atomic mass is 9.94. The number of ketones is 1. The standard InChI is InChI=1S/C28H32N2O6/c1-5-29(6-2)13-14-30-24(18-7-9-19(10-8-18)28(34)35-4)23(26(32)27(30)33)25(31)20-11-12-22-21(16-20)15-17(3)36-22/h7-12,16-17,24,31H,5-6,13-15H2,1-4H3/t17-,24+/m0/s1. The molecule has 0 radical (unpaired) electrons. The molecule has 2 aliphatic heterocycles. The number of esters is 1. The minimum atomic E-state index is -0.782. The van der Waals surface area contributed by atoms with Crippen molar-refractivity contribution < 1.29 is 29.0 Å².